The van der Waals surface area contributed by atoms with Crippen molar-refractivity contribution in [1.82, 2.24) is 0 Å². The Morgan fingerprint density at radius 3 is 2.73 bits per heavy atom. The number of hydrogen-bond donors (Lipinski definition) is 1. The number of benzene rings is 1. The van der Waals surface area contributed by atoms with Gasteiger partial charge in [-0.05, 0) is 42.9 Å². The Labute approximate surface area is 92.2 Å². The van der Waals surface area contributed by atoms with Crippen molar-refractivity contribution in [3.05, 3.63) is 33.6 Å². The zero-order valence-corrected chi connectivity index (χ0v) is 8.90. The number of aryl methyl sites for hydroxylation is 1. The Morgan fingerprint density at radius 2 is 2.07 bits per heavy atom. The lowest BCUT2D eigenvalue weighted by Crippen LogP contribution is -2.18. The van der Waals surface area contributed by atoms with Gasteiger partial charge in [0.1, 0.15) is 5.82 Å². The van der Waals surface area contributed by atoms with Crippen LogP contribution in [0.4, 0.5) is 4.39 Å². The van der Waals surface area contributed by atoms with Gasteiger partial charge in [0.2, 0.25) is 0 Å². The highest BCUT2D eigenvalue weighted by Crippen LogP contribution is 2.31. The molecule has 2 N–H and O–H groups in total. The maximum absolute atomic E-state index is 13.4. The van der Waals surface area contributed by atoms with E-state index in [0.717, 1.165) is 36.8 Å². The molecule has 0 saturated heterocycles. The fourth-order valence-corrected chi connectivity index (χ4v) is 2.36. The van der Waals surface area contributed by atoms with Gasteiger partial charge >= 0.3 is 0 Å². The predicted octanol–water partition coefficient (Wildman–Crippen LogP) is 2.46. The molecule has 0 radical (unpaired) electrons. The van der Waals surface area contributed by atoms with Gasteiger partial charge in [-0.1, -0.05) is 11.6 Å². The summed E-state index contributed by atoms with van der Waals surface area (Å²) in [6, 6.07) is 1.42. The molecule has 2 rings (SSSR count). The second kappa shape index (κ2) is 3.81. The van der Waals surface area contributed by atoms with Crippen molar-refractivity contribution in [2.45, 2.75) is 25.7 Å². The summed E-state index contributed by atoms with van der Waals surface area (Å²) in [6.07, 6.45) is 3.57. The van der Waals surface area contributed by atoms with Crippen LogP contribution in [0.1, 0.15) is 34.3 Å². The first kappa shape index (κ1) is 10.4. The van der Waals surface area contributed by atoms with Crippen LogP contribution in [0.15, 0.2) is 6.07 Å². The Kier molecular flexibility index (Phi) is 2.65. The maximum atomic E-state index is 13.4. The topological polar surface area (TPSA) is 43.1 Å². The zero-order valence-electron chi connectivity index (χ0n) is 8.15. The van der Waals surface area contributed by atoms with E-state index in [2.05, 4.69) is 0 Å². The molecule has 1 aliphatic carbocycles. The van der Waals surface area contributed by atoms with Gasteiger partial charge in [-0.3, -0.25) is 4.79 Å². The van der Waals surface area contributed by atoms with Crippen LogP contribution in [0, 0.1) is 5.82 Å². The Hall–Kier alpha value is -1.09. The van der Waals surface area contributed by atoms with E-state index >= 15 is 0 Å². The standard InChI is InChI=1S/C11H11ClFNO/c12-10-8(13)5-6-3-1-2-4-7(6)9(10)11(14)15/h5H,1-4H2,(H2,14,15). The van der Waals surface area contributed by atoms with Gasteiger partial charge in [-0.25, -0.2) is 4.39 Å². The van der Waals surface area contributed by atoms with Gasteiger partial charge in [-0.15, -0.1) is 0 Å². The van der Waals surface area contributed by atoms with Crippen LogP contribution in [0.25, 0.3) is 0 Å². The minimum atomic E-state index is -0.641. The monoisotopic (exact) mass is 227 g/mol. The lowest BCUT2D eigenvalue weighted by molar-refractivity contribution is 0.0999. The van der Waals surface area contributed by atoms with Gasteiger partial charge < -0.3 is 5.73 Å². The third kappa shape index (κ3) is 1.72. The molecule has 1 aromatic carbocycles. The van der Waals surface area contributed by atoms with Crippen molar-refractivity contribution < 1.29 is 9.18 Å². The van der Waals surface area contributed by atoms with Crippen LogP contribution in [0.3, 0.4) is 0 Å². The molecule has 0 aliphatic heterocycles. The number of fused-ring (bicyclic) bond motifs is 1. The molecule has 0 spiro atoms. The highest BCUT2D eigenvalue weighted by Gasteiger charge is 2.22. The average Bonchev–Trinajstić information content (AvgIpc) is 2.19. The van der Waals surface area contributed by atoms with E-state index in [-0.39, 0.29) is 10.6 Å². The quantitative estimate of drug-likeness (QED) is 0.787. The summed E-state index contributed by atoms with van der Waals surface area (Å²) in [5, 5.41) is -0.136. The smallest absolute Gasteiger partial charge is 0.250 e. The van der Waals surface area contributed by atoms with Crippen LogP contribution < -0.4 is 5.73 Å². The van der Waals surface area contributed by atoms with E-state index in [0.29, 0.717) is 0 Å². The number of hydrogen-bond acceptors (Lipinski definition) is 1. The molecule has 0 unspecified atom stereocenters. The van der Waals surface area contributed by atoms with E-state index in [9.17, 15) is 9.18 Å². The molecule has 1 aliphatic rings. The molecular formula is C11H11ClFNO. The van der Waals surface area contributed by atoms with E-state index in [1.165, 1.54) is 6.07 Å². The van der Waals surface area contributed by atoms with Crippen molar-refractivity contribution in [1.29, 1.82) is 0 Å². The van der Waals surface area contributed by atoms with Crippen molar-refractivity contribution in [2.24, 2.45) is 5.73 Å². The molecule has 0 heterocycles. The van der Waals surface area contributed by atoms with Gasteiger partial charge in [0.15, 0.2) is 0 Å². The fraction of sp³-hybridized carbons (Fsp3) is 0.364. The fourth-order valence-electron chi connectivity index (χ4n) is 2.10. The van der Waals surface area contributed by atoms with Crippen molar-refractivity contribution in [3.63, 3.8) is 0 Å². The van der Waals surface area contributed by atoms with E-state index in [1.54, 1.807) is 0 Å². The van der Waals surface area contributed by atoms with Crippen LogP contribution in [0.2, 0.25) is 5.02 Å². The number of rotatable bonds is 1. The lowest BCUT2D eigenvalue weighted by Gasteiger charge is -2.19. The summed E-state index contributed by atoms with van der Waals surface area (Å²) in [7, 11) is 0. The Morgan fingerprint density at radius 1 is 1.40 bits per heavy atom. The summed E-state index contributed by atoms with van der Waals surface area (Å²) in [4.78, 5) is 11.2. The molecule has 1 amide bonds. The number of nitrogens with two attached hydrogens (primary N) is 1. The first-order valence-corrected chi connectivity index (χ1v) is 5.28. The molecule has 0 fully saturated rings. The molecule has 0 atom stereocenters. The van der Waals surface area contributed by atoms with E-state index in [1.807, 2.05) is 0 Å². The summed E-state index contributed by atoms with van der Waals surface area (Å²) in [5.74, 6) is -1.19. The van der Waals surface area contributed by atoms with Gasteiger partial charge in [0, 0.05) is 0 Å². The SMILES string of the molecule is NC(=O)c1c(Cl)c(F)cc2c1CCCC2. The number of carbonyl (C=O) groups is 1. The van der Waals surface area contributed by atoms with E-state index < -0.39 is 11.7 Å². The Bertz CT molecular complexity index is 431. The first-order chi connectivity index (χ1) is 7.11. The average molecular weight is 228 g/mol. The second-order valence-corrected chi connectivity index (χ2v) is 4.13. The summed E-state index contributed by atoms with van der Waals surface area (Å²) in [6.45, 7) is 0. The lowest BCUT2D eigenvalue weighted by atomic mass is 9.88. The van der Waals surface area contributed by atoms with Crippen molar-refractivity contribution in [2.75, 3.05) is 0 Å². The number of halogens is 2. The minimum Gasteiger partial charge on any atom is -0.366 e. The van der Waals surface area contributed by atoms with Crippen molar-refractivity contribution >= 4 is 17.5 Å². The molecule has 15 heavy (non-hydrogen) atoms. The van der Waals surface area contributed by atoms with Crippen LogP contribution in [-0.4, -0.2) is 5.91 Å². The highest BCUT2D eigenvalue weighted by molar-refractivity contribution is 6.34. The minimum absolute atomic E-state index is 0.136. The van der Waals surface area contributed by atoms with Crippen LogP contribution in [-0.2, 0) is 12.8 Å². The number of carbonyl (C=O) groups excluding carboxylic acids is 1. The third-order valence-corrected chi connectivity index (χ3v) is 3.16. The van der Waals surface area contributed by atoms with Crippen molar-refractivity contribution in [3.8, 4) is 0 Å². The second-order valence-electron chi connectivity index (χ2n) is 3.76. The third-order valence-electron chi connectivity index (χ3n) is 2.79. The van der Waals surface area contributed by atoms with Gasteiger partial charge in [0.05, 0.1) is 10.6 Å². The molecule has 4 heteroatoms. The Balaban J connectivity index is 2.68. The predicted molar refractivity (Wildman–Crippen MR) is 56.6 cm³/mol. The van der Waals surface area contributed by atoms with Crippen LogP contribution in [0.5, 0.6) is 0 Å². The molecule has 80 valence electrons. The molecule has 1 aromatic rings. The molecule has 0 saturated carbocycles. The number of primary amides is 1. The summed E-state index contributed by atoms with van der Waals surface area (Å²) in [5.41, 5.74) is 7.10. The largest absolute Gasteiger partial charge is 0.366 e. The zero-order chi connectivity index (χ0) is 11.0. The normalized spacial score (nSPS) is 14.8. The molecule has 0 aromatic heterocycles. The molecule has 0 bridgehead atoms. The number of amides is 1. The molecule has 2 nitrogen and oxygen atoms in total. The van der Waals surface area contributed by atoms with E-state index in [4.69, 9.17) is 17.3 Å². The molecular weight excluding hydrogens is 217 g/mol. The van der Waals surface area contributed by atoms with Gasteiger partial charge in [0.25, 0.3) is 5.91 Å². The van der Waals surface area contributed by atoms with Crippen LogP contribution >= 0.6 is 11.6 Å². The summed E-state index contributed by atoms with van der Waals surface area (Å²) < 4.78 is 13.4. The first-order valence-electron chi connectivity index (χ1n) is 4.91. The maximum Gasteiger partial charge on any atom is 0.250 e. The summed E-state index contributed by atoms with van der Waals surface area (Å²) >= 11 is 5.75. The van der Waals surface area contributed by atoms with Gasteiger partial charge in [-0.2, -0.15) is 0 Å². The highest BCUT2D eigenvalue weighted by atomic mass is 35.5.